The van der Waals surface area contributed by atoms with Crippen LogP contribution in [0.1, 0.15) is 41.7 Å². The maximum atomic E-state index is 13.3. The molecule has 7 nitrogen and oxygen atoms in total. The van der Waals surface area contributed by atoms with E-state index in [4.69, 9.17) is 4.98 Å². The molecule has 0 saturated heterocycles. The molecule has 4 heterocycles. The number of carbonyl (C=O) groups excluding carboxylic acids is 1. The molecule has 148 valence electrons. The number of hydrogen-bond donors (Lipinski definition) is 0. The molecule has 0 fully saturated rings. The second-order valence-electron chi connectivity index (χ2n) is 8.00. The van der Waals surface area contributed by atoms with Crippen molar-refractivity contribution in [3.63, 3.8) is 0 Å². The lowest BCUT2D eigenvalue weighted by atomic mass is 10.0. The summed E-state index contributed by atoms with van der Waals surface area (Å²) in [6.45, 7) is 1.78. The topological polar surface area (TPSA) is 71.3 Å². The van der Waals surface area contributed by atoms with E-state index in [1.165, 1.54) is 0 Å². The molecule has 0 N–H and O–H groups in total. The van der Waals surface area contributed by atoms with Crippen molar-refractivity contribution in [1.82, 2.24) is 24.3 Å². The average molecular weight is 381 g/mol. The van der Waals surface area contributed by atoms with Crippen LogP contribution in [0.3, 0.4) is 0 Å². The third kappa shape index (κ3) is 3.71. The Labute approximate surface area is 165 Å². The fourth-order valence-corrected chi connectivity index (χ4v) is 4.29. The number of pyridine rings is 1. The summed E-state index contributed by atoms with van der Waals surface area (Å²) in [6.07, 6.45) is 5.52. The van der Waals surface area contributed by atoms with Crippen molar-refractivity contribution < 1.29 is 4.79 Å². The number of fused-ring (bicyclic) bond motifs is 2. The summed E-state index contributed by atoms with van der Waals surface area (Å²) in [5.74, 6) is 0.923. The van der Waals surface area contributed by atoms with Gasteiger partial charge in [0.15, 0.2) is 0 Å². The number of amides is 1. The van der Waals surface area contributed by atoms with Gasteiger partial charge in [0, 0.05) is 37.8 Å². The van der Waals surface area contributed by atoms with Gasteiger partial charge in [-0.3, -0.25) is 19.1 Å². The molecule has 0 saturated carbocycles. The SMILES string of the molecule is CN(C)C[C@@H]1CCCc2nc3c(c(=O)n21)CN(C(=O)Cc1ccccn1)CC3. The van der Waals surface area contributed by atoms with Crippen LogP contribution < -0.4 is 5.56 Å². The number of nitrogens with zero attached hydrogens (tertiary/aromatic N) is 5. The number of likely N-dealkylation sites (N-methyl/N-ethyl adjacent to an activating group) is 1. The molecule has 2 aliphatic rings. The van der Waals surface area contributed by atoms with Gasteiger partial charge in [0.2, 0.25) is 5.91 Å². The van der Waals surface area contributed by atoms with Gasteiger partial charge >= 0.3 is 0 Å². The summed E-state index contributed by atoms with van der Waals surface area (Å²) in [6, 6.07) is 5.73. The predicted octanol–water partition coefficient (Wildman–Crippen LogP) is 1.20. The van der Waals surface area contributed by atoms with Gasteiger partial charge in [0.1, 0.15) is 5.82 Å². The highest BCUT2D eigenvalue weighted by molar-refractivity contribution is 5.78. The van der Waals surface area contributed by atoms with E-state index in [9.17, 15) is 9.59 Å². The van der Waals surface area contributed by atoms with E-state index in [1.807, 2.05) is 36.9 Å². The maximum Gasteiger partial charge on any atom is 0.259 e. The van der Waals surface area contributed by atoms with Gasteiger partial charge in [0.05, 0.1) is 30.3 Å². The Morgan fingerprint density at radius 3 is 2.89 bits per heavy atom. The van der Waals surface area contributed by atoms with Crippen molar-refractivity contribution >= 4 is 5.91 Å². The summed E-state index contributed by atoms with van der Waals surface area (Å²) in [5.41, 5.74) is 2.37. The third-order valence-electron chi connectivity index (χ3n) is 5.62. The van der Waals surface area contributed by atoms with Gasteiger partial charge in [-0.25, -0.2) is 4.98 Å². The lowest BCUT2D eigenvalue weighted by Crippen LogP contribution is -2.45. The quantitative estimate of drug-likeness (QED) is 0.796. The van der Waals surface area contributed by atoms with Gasteiger partial charge in [-0.1, -0.05) is 6.07 Å². The Balaban J connectivity index is 1.60. The Morgan fingerprint density at radius 2 is 2.14 bits per heavy atom. The van der Waals surface area contributed by atoms with Crippen LogP contribution in [0, 0.1) is 0 Å². The summed E-state index contributed by atoms with van der Waals surface area (Å²) in [4.78, 5) is 39.0. The zero-order valence-corrected chi connectivity index (χ0v) is 16.6. The highest BCUT2D eigenvalue weighted by atomic mass is 16.2. The lowest BCUT2D eigenvalue weighted by Gasteiger charge is -2.33. The monoisotopic (exact) mass is 381 g/mol. The van der Waals surface area contributed by atoms with Crippen molar-refractivity contribution in [3.05, 3.63) is 57.5 Å². The predicted molar refractivity (Wildman–Crippen MR) is 106 cm³/mol. The minimum Gasteiger partial charge on any atom is -0.337 e. The molecule has 2 aromatic heterocycles. The highest BCUT2D eigenvalue weighted by Crippen LogP contribution is 2.25. The van der Waals surface area contributed by atoms with Crippen LogP contribution in [-0.2, 0) is 30.6 Å². The van der Waals surface area contributed by atoms with Gasteiger partial charge in [-0.2, -0.15) is 0 Å². The molecule has 2 aromatic rings. The second kappa shape index (κ2) is 7.83. The number of aromatic nitrogens is 3. The van der Waals surface area contributed by atoms with Crippen molar-refractivity contribution in [2.24, 2.45) is 0 Å². The van der Waals surface area contributed by atoms with Gasteiger partial charge < -0.3 is 9.80 Å². The van der Waals surface area contributed by atoms with Gasteiger partial charge in [-0.15, -0.1) is 0 Å². The minimum absolute atomic E-state index is 0.0105. The lowest BCUT2D eigenvalue weighted by molar-refractivity contribution is -0.131. The van der Waals surface area contributed by atoms with Crippen LogP contribution in [0.15, 0.2) is 29.2 Å². The molecule has 7 heteroatoms. The third-order valence-corrected chi connectivity index (χ3v) is 5.62. The normalized spacial score (nSPS) is 18.7. The molecule has 0 unspecified atom stereocenters. The largest absolute Gasteiger partial charge is 0.337 e. The zero-order valence-electron chi connectivity index (χ0n) is 16.6. The van der Waals surface area contributed by atoms with Crippen molar-refractivity contribution in [2.45, 2.75) is 44.7 Å². The molecular weight excluding hydrogens is 354 g/mol. The summed E-state index contributed by atoms with van der Waals surface area (Å²) >= 11 is 0. The Kier molecular flexibility index (Phi) is 5.26. The van der Waals surface area contributed by atoms with Crippen LogP contribution in [0.2, 0.25) is 0 Å². The first-order valence-electron chi connectivity index (χ1n) is 9.98. The van der Waals surface area contributed by atoms with E-state index in [0.29, 0.717) is 25.1 Å². The standard InChI is InChI=1S/C21H27N5O2/c1-24(2)13-16-7-5-8-19-23-18-9-11-25(14-17(18)21(28)26(16)19)20(27)12-15-6-3-4-10-22-15/h3-4,6,10,16H,5,7-9,11-14H2,1-2H3/t16-/m0/s1. The summed E-state index contributed by atoms with van der Waals surface area (Å²) < 4.78 is 1.90. The molecule has 28 heavy (non-hydrogen) atoms. The Morgan fingerprint density at radius 1 is 1.29 bits per heavy atom. The van der Waals surface area contributed by atoms with Gasteiger partial charge in [0.25, 0.3) is 5.56 Å². The summed E-state index contributed by atoms with van der Waals surface area (Å²) in [5, 5.41) is 0. The summed E-state index contributed by atoms with van der Waals surface area (Å²) in [7, 11) is 4.06. The van der Waals surface area contributed by atoms with Crippen LogP contribution in [0.25, 0.3) is 0 Å². The number of hydrogen-bond acceptors (Lipinski definition) is 5. The molecule has 0 spiro atoms. The van der Waals surface area contributed by atoms with Crippen LogP contribution in [0.5, 0.6) is 0 Å². The van der Waals surface area contributed by atoms with Crippen LogP contribution >= 0.6 is 0 Å². The van der Waals surface area contributed by atoms with E-state index < -0.39 is 0 Å². The fourth-order valence-electron chi connectivity index (χ4n) is 4.29. The van der Waals surface area contributed by atoms with E-state index in [-0.39, 0.29) is 23.9 Å². The molecule has 2 aliphatic heterocycles. The highest BCUT2D eigenvalue weighted by Gasteiger charge is 2.30. The maximum absolute atomic E-state index is 13.3. The van der Waals surface area contributed by atoms with E-state index in [0.717, 1.165) is 43.0 Å². The molecule has 1 atom stereocenters. The van der Waals surface area contributed by atoms with Crippen molar-refractivity contribution in [2.75, 3.05) is 27.2 Å². The fraction of sp³-hybridized carbons (Fsp3) is 0.524. The minimum atomic E-state index is 0.0105. The van der Waals surface area contributed by atoms with Crippen molar-refractivity contribution in [1.29, 1.82) is 0 Å². The first-order chi connectivity index (χ1) is 13.5. The Hall–Kier alpha value is -2.54. The Bertz CT molecular complexity index is 922. The molecule has 0 bridgehead atoms. The molecule has 0 aromatic carbocycles. The molecule has 0 aliphatic carbocycles. The molecular formula is C21H27N5O2. The van der Waals surface area contributed by atoms with E-state index in [2.05, 4.69) is 9.88 Å². The molecule has 0 radical (unpaired) electrons. The van der Waals surface area contributed by atoms with Crippen LogP contribution in [-0.4, -0.2) is 57.4 Å². The number of rotatable bonds is 4. The molecule has 1 amide bonds. The zero-order chi connectivity index (χ0) is 19.7. The van der Waals surface area contributed by atoms with Crippen molar-refractivity contribution in [3.8, 4) is 0 Å². The second-order valence-corrected chi connectivity index (χ2v) is 8.00. The average Bonchev–Trinajstić information content (AvgIpc) is 2.68. The van der Waals surface area contributed by atoms with Crippen LogP contribution in [0.4, 0.5) is 0 Å². The number of aryl methyl sites for hydroxylation is 1. The number of carbonyl (C=O) groups is 1. The van der Waals surface area contributed by atoms with Gasteiger partial charge in [-0.05, 0) is 39.1 Å². The van der Waals surface area contributed by atoms with E-state index in [1.54, 1.807) is 11.1 Å². The smallest absolute Gasteiger partial charge is 0.259 e. The first-order valence-corrected chi connectivity index (χ1v) is 9.98. The molecule has 4 rings (SSSR count). The van der Waals surface area contributed by atoms with E-state index >= 15 is 0 Å². The first kappa shape index (κ1) is 18.8.